The molecule has 0 unspecified atom stereocenters. The average Bonchev–Trinajstić information content (AvgIpc) is 3.02. The van der Waals surface area contributed by atoms with E-state index in [1.165, 1.54) is 0 Å². The maximum Gasteiger partial charge on any atom is 0.265 e. The largest absolute Gasteiger partial charge is 0.308 e. The summed E-state index contributed by atoms with van der Waals surface area (Å²) in [5.41, 5.74) is 4.41. The van der Waals surface area contributed by atoms with Gasteiger partial charge in [0.05, 0.1) is 17.6 Å². The summed E-state index contributed by atoms with van der Waals surface area (Å²) < 4.78 is 3.73. The molecule has 2 aromatic carbocycles. The highest BCUT2D eigenvalue weighted by atomic mass is 35.5. The van der Waals surface area contributed by atoms with Crippen molar-refractivity contribution in [1.82, 2.24) is 24.1 Å². The van der Waals surface area contributed by atoms with Crippen LogP contribution in [0.25, 0.3) is 33.2 Å². The minimum Gasteiger partial charge on any atom is -0.308 e. The molecule has 0 spiro atoms. The highest BCUT2D eigenvalue weighted by molar-refractivity contribution is 6.30. The Hall–Kier alpha value is -3.25. The number of halogens is 1. The number of nitrogens with zero attached hydrogens (tertiary/aromatic N) is 5. The van der Waals surface area contributed by atoms with Crippen molar-refractivity contribution in [3.63, 3.8) is 0 Å². The molecule has 0 fully saturated rings. The van der Waals surface area contributed by atoms with Crippen molar-refractivity contribution in [1.29, 1.82) is 0 Å². The maximum atomic E-state index is 13.7. The lowest BCUT2D eigenvalue weighted by Gasteiger charge is -2.12. The molecule has 0 atom stereocenters. The van der Waals surface area contributed by atoms with Crippen LogP contribution in [-0.2, 0) is 13.1 Å². The van der Waals surface area contributed by atoms with Crippen molar-refractivity contribution < 1.29 is 0 Å². The van der Waals surface area contributed by atoms with Gasteiger partial charge in [-0.25, -0.2) is 15.0 Å². The van der Waals surface area contributed by atoms with Gasteiger partial charge in [0.15, 0.2) is 11.3 Å². The van der Waals surface area contributed by atoms with Gasteiger partial charge in [-0.15, -0.1) is 0 Å². The Morgan fingerprint density at radius 3 is 2.26 bits per heavy atom. The van der Waals surface area contributed by atoms with Crippen LogP contribution in [0.2, 0.25) is 5.02 Å². The summed E-state index contributed by atoms with van der Waals surface area (Å²) in [5.74, 6) is 1.02. The molecule has 7 heteroatoms. The number of aromatic nitrogens is 5. The highest BCUT2D eigenvalue weighted by Gasteiger charge is 2.21. The van der Waals surface area contributed by atoms with Crippen LogP contribution in [-0.4, -0.2) is 24.1 Å². The van der Waals surface area contributed by atoms with Crippen molar-refractivity contribution in [2.24, 2.45) is 5.92 Å². The molecule has 0 aliphatic heterocycles. The second kappa shape index (κ2) is 7.46. The van der Waals surface area contributed by atoms with Gasteiger partial charge in [0, 0.05) is 11.6 Å². The molecule has 0 amide bonds. The third kappa shape index (κ3) is 3.37. The van der Waals surface area contributed by atoms with Gasteiger partial charge in [-0.3, -0.25) is 9.36 Å². The number of hydrogen-bond donors (Lipinski definition) is 0. The van der Waals surface area contributed by atoms with E-state index in [0.29, 0.717) is 52.1 Å². The average molecular weight is 432 g/mol. The predicted molar refractivity (Wildman–Crippen MR) is 125 cm³/mol. The standard InChI is InChI=1S/C24H22ClN5O/c1-14(2)12-30-22-20(21-23(30)28-19-7-5-4-6-18(19)27-21)24(31)29(15(3)26-22)13-16-8-10-17(25)11-9-16/h4-11,14H,12-13H2,1-3H3. The molecule has 6 nitrogen and oxygen atoms in total. The third-order valence-electron chi connectivity index (χ3n) is 5.44. The molecule has 3 aromatic heterocycles. The lowest BCUT2D eigenvalue weighted by atomic mass is 10.2. The second-order valence-electron chi connectivity index (χ2n) is 8.26. The number of para-hydroxylation sites is 2. The molecule has 0 saturated carbocycles. The van der Waals surface area contributed by atoms with E-state index in [1.54, 1.807) is 4.57 Å². The molecule has 0 aliphatic rings. The Labute approximate surface area is 184 Å². The normalized spacial score (nSPS) is 11.9. The van der Waals surface area contributed by atoms with Crippen LogP contribution in [0, 0.1) is 12.8 Å². The first-order valence-corrected chi connectivity index (χ1v) is 10.7. The highest BCUT2D eigenvalue weighted by Crippen LogP contribution is 2.26. The molecule has 0 aliphatic carbocycles. The van der Waals surface area contributed by atoms with Crippen molar-refractivity contribution >= 4 is 44.8 Å². The summed E-state index contributed by atoms with van der Waals surface area (Å²) in [6, 6.07) is 15.2. The van der Waals surface area contributed by atoms with Crippen LogP contribution in [0.4, 0.5) is 0 Å². The number of rotatable bonds is 4. The van der Waals surface area contributed by atoms with Gasteiger partial charge in [-0.05, 0) is 42.7 Å². The molecule has 0 bridgehead atoms. The fourth-order valence-corrected chi connectivity index (χ4v) is 4.12. The SMILES string of the molecule is Cc1nc2c(c(=O)n1Cc1ccc(Cl)cc1)c1nc3ccccc3nc1n2CC(C)C. The zero-order valence-corrected chi connectivity index (χ0v) is 18.4. The third-order valence-corrected chi connectivity index (χ3v) is 5.69. The number of aryl methyl sites for hydroxylation is 1. The van der Waals surface area contributed by atoms with Gasteiger partial charge in [-0.1, -0.05) is 49.7 Å². The van der Waals surface area contributed by atoms with Gasteiger partial charge < -0.3 is 4.57 Å². The zero-order chi connectivity index (χ0) is 21.7. The summed E-state index contributed by atoms with van der Waals surface area (Å²) in [6.45, 7) is 7.27. The van der Waals surface area contributed by atoms with E-state index in [2.05, 4.69) is 13.8 Å². The van der Waals surface area contributed by atoms with Crippen LogP contribution in [0.3, 0.4) is 0 Å². The molecular formula is C24H22ClN5O. The van der Waals surface area contributed by atoms with E-state index < -0.39 is 0 Å². The molecule has 31 heavy (non-hydrogen) atoms. The minimum absolute atomic E-state index is 0.102. The Morgan fingerprint density at radius 1 is 0.903 bits per heavy atom. The first-order chi connectivity index (χ1) is 14.9. The van der Waals surface area contributed by atoms with Crippen molar-refractivity contribution in [3.8, 4) is 0 Å². The Balaban J connectivity index is 1.82. The van der Waals surface area contributed by atoms with Gasteiger partial charge in [0.1, 0.15) is 16.7 Å². The monoisotopic (exact) mass is 431 g/mol. The van der Waals surface area contributed by atoms with E-state index in [-0.39, 0.29) is 5.56 Å². The second-order valence-corrected chi connectivity index (χ2v) is 8.70. The molecule has 5 rings (SSSR count). The predicted octanol–water partition coefficient (Wildman–Crippen LogP) is 4.96. The first-order valence-electron chi connectivity index (χ1n) is 10.3. The molecule has 3 heterocycles. The van der Waals surface area contributed by atoms with Crippen LogP contribution in [0.5, 0.6) is 0 Å². The summed E-state index contributed by atoms with van der Waals surface area (Å²) in [4.78, 5) is 28.2. The Kier molecular flexibility index (Phi) is 4.74. The topological polar surface area (TPSA) is 65.6 Å². The van der Waals surface area contributed by atoms with E-state index in [1.807, 2.05) is 60.0 Å². The summed E-state index contributed by atoms with van der Waals surface area (Å²) in [5, 5.41) is 1.19. The lowest BCUT2D eigenvalue weighted by Crippen LogP contribution is -2.24. The van der Waals surface area contributed by atoms with Crippen LogP contribution in [0.1, 0.15) is 25.2 Å². The molecule has 0 N–H and O–H groups in total. The smallest absolute Gasteiger partial charge is 0.265 e. The molecule has 0 radical (unpaired) electrons. The van der Waals surface area contributed by atoms with Gasteiger partial charge >= 0.3 is 0 Å². The number of fused-ring (bicyclic) bond motifs is 4. The Morgan fingerprint density at radius 2 is 1.58 bits per heavy atom. The zero-order valence-electron chi connectivity index (χ0n) is 17.6. The van der Waals surface area contributed by atoms with Crippen LogP contribution < -0.4 is 5.56 Å². The summed E-state index contributed by atoms with van der Waals surface area (Å²) in [7, 11) is 0. The first kappa shape index (κ1) is 19.7. The van der Waals surface area contributed by atoms with Crippen molar-refractivity contribution in [3.05, 3.63) is 75.3 Å². The quantitative estimate of drug-likeness (QED) is 0.403. The van der Waals surface area contributed by atoms with Gasteiger partial charge in [0.25, 0.3) is 5.56 Å². The molecule has 156 valence electrons. The summed E-state index contributed by atoms with van der Waals surface area (Å²) >= 11 is 6.01. The number of hydrogen-bond acceptors (Lipinski definition) is 4. The number of benzene rings is 2. The van der Waals surface area contributed by atoms with E-state index >= 15 is 0 Å². The molecular weight excluding hydrogens is 410 g/mol. The fourth-order valence-electron chi connectivity index (χ4n) is 3.99. The van der Waals surface area contributed by atoms with Crippen molar-refractivity contribution in [2.75, 3.05) is 0 Å². The van der Waals surface area contributed by atoms with Crippen molar-refractivity contribution in [2.45, 2.75) is 33.9 Å². The minimum atomic E-state index is -0.102. The van der Waals surface area contributed by atoms with Crippen LogP contribution in [0.15, 0.2) is 53.3 Å². The Bertz CT molecular complexity index is 1500. The molecule has 5 aromatic rings. The van der Waals surface area contributed by atoms with Gasteiger partial charge in [-0.2, -0.15) is 0 Å². The van der Waals surface area contributed by atoms with Gasteiger partial charge in [0.2, 0.25) is 0 Å². The van der Waals surface area contributed by atoms with E-state index in [4.69, 9.17) is 26.6 Å². The molecule has 0 saturated heterocycles. The maximum absolute atomic E-state index is 13.7. The summed E-state index contributed by atoms with van der Waals surface area (Å²) in [6.07, 6.45) is 0. The van der Waals surface area contributed by atoms with Crippen LogP contribution >= 0.6 is 11.6 Å². The lowest BCUT2D eigenvalue weighted by molar-refractivity contribution is 0.539. The fraction of sp³-hybridized carbons (Fsp3) is 0.250. The van der Waals surface area contributed by atoms with E-state index in [9.17, 15) is 4.79 Å². The van der Waals surface area contributed by atoms with E-state index in [0.717, 1.165) is 16.6 Å².